The van der Waals surface area contributed by atoms with Crippen LogP contribution < -0.4 is 10.2 Å². The van der Waals surface area contributed by atoms with Crippen molar-refractivity contribution in [1.82, 2.24) is 15.2 Å². The first-order chi connectivity index (χ1) is 15.4. The molecule has 0 radical (unpaired) electrons. The summed E-state index contributed by atoms with van der Waals surface area (Å²) in [5.74, 6) is -0.764. The van der Waals surface area contributed by atoms with Crippen LogP contribution in [0.4, 0.5) is 9.52 Å². The van der Waals surface area contributed by atoms with Gasteiger partial charge in [0.25, 0.3) is 0 Å². The van der Waals surface area contributed by atoms with Crippen molar-refractivity contribution in [3.8, 4) is 0 Å². The molecule has 7 nitrogen and oxygen atoms in total. The maximum absolute atomic E-state index is 13.9. The minimum atomic E-state index is -3.45. The van der Waals surface area contributed by atoms with Gasteiger partial charge >= 0.3 is 0 Å². The molecule has 32 heavy (non-hydrogen) atoms. The predicted molar refractivity (Wildman–Crippen MR) is 124 cm³/mol. The molecule has 0 atom stereocenters. The topological polar surface area (TPSA) is 82.6 Å². The minimum absolute atomic E-state index is 0.0564. The fourth-order valence-corrected chi connectivity index (χ4v) is 5.91. The molecule has 4 rings (SSSR count). The first-order valence-corrected chi connectivity index (χ1v) is 13.0. The molecule has 2 heterocycles. The van der Waals surface area contributed by atoms with Crippen LogP contribution in [0.25, 0.3) is 10.2 Å². The lowest BCUT2D eigenvalue weighted by molar-refractivity contribution is -0.120. The van der Waals surface area contributed by atoms with Crippen molar-refractivity contribution in [3.05, 3.63) is 54.3 Å². The average Bonchev–Trinajstić information content (AvgIpc) is 3.25. The van der Waals surface area contributed by atoms with Crippen molar-refractivity contribution < 1.29 is 17.6 Å². The number of hydrogen-bond acceptors (Lipinski definition) is 7. The lowest BCUT2D eigenvalue weighted by atomic mass is 10.3. The Kier molecular flexibility index (Phi) is 7.02. The van der Waals surface area contributed by atoms with E-state index in [1.165, 1.54) is 29.5 Å². The number of thiazole rings is 1. The Balaban J connectivity index is 1.18. The van der Waals surface area contributed by atoms with Crippen LogP contribution in [0.5, 0.6) is 0 Å². The largest absolute Gasteiger partial charge is 0.355 e. The van der Waals surface area contributed by atoms with E-state index in [0.717, 1.165) is 36.0 Å². The number of aromatic nitrogens is 1. The van der Waals surface area contributed by atoms with Gasteiger partial charge in [0.05, 0.1) is 15.3 Å². The molecule has 1 aliphatic heterocycles. The first-order valence-electron chi connectivity index (χ1n) is 10.5. The molecule has 2 aromatic carbocycles. The molecular formula is C22H25FN4O3S2. The molecule has 0 bridgehead atoms. The number of rotatable bonds is 8. The highest BCUT2D eigenvalue weighted by Gasteiger charge is 2.21. The van der Waals surface area contributed by atoms with Gasteiger partial charge < -0.3 is 10.2 Å². The van der Waals surface area contributed by atoms with Crippen LogP contribution in [-0.4, -0.2) is 69.2 Å². The van der Waals surface area contributed by atoms with E-state index in [0.29, 0.717) is 18.6 Å². The highest BCUT2D eigenvalue weighted by molar-refractivity contribution is 7.91. The number of piperazine rings is 1. The van der Waals surface area contributed by atoms with Gasteiger partial charge in [-0.1, -0.05) is 35.6 Å². The Bertz CT molecular complexity index is 1180. The smallest absolute Gasteiger partial charge is 0.221 e. The molecule has 1 saturated heterocycles. The van der Waals surface area contributed by atoms with Gasteiger partial charge in [0.1, 0.15) is 11.3 Å². The fraction of sp³-hybridized carbons (Fsp3) is 0.364. The third-order valence-corrected chi connectivity index (χ3v) is 8.27. The van der Waals surface area contributed by atoms with Crippen molar-refractivity contribution >= 4 is 42.4 Å². The van der Waals surface area contributed by atoms with Crippen LogP contribution in [0, 0.1) is 5.82 Å². The van der Waals surface area contributed by atoms with E-state index >= 15 is 0 Å². The molecule has 1 aromatic heterocycles. The Morgan fingerprint density at radius 2 is 1.81 bits per heavy atom. The fourth-order valence-electron chi connectivity index (χ4n) is 3.62. The standard InChI is InChI=1S/C22H25FN4O3S2/c23-18-7-4-8-19-21(18)25-22(31-19)27-14-12-26(13-15-27)11-10-24-20(28)9-16-32(29,30)17-5-2-1-3-6-17/h1-8H,9-16H2,(H,24,28). The van der Waals surface area contributed by atoms with Gasteiger partial charge in [-0.3, -0.25) is 9.69 Å². The summed E-state index contributed by atoms with van der Waals surface area (Å²) in [6.07, 6.45) is -0.0564. The molecule has 1 N–H and O–H groups in total. The van der Waals surface area contributed by atoms with Crippen molar-refractivity contribution in [1.29, 1.82) is 0 Å². The van der Waals surface area contributed by atoms with Gasteiger partial charge in [0.2, 0.25) is 5.91 Å². The number of amides is 1. The number of sulfone groups is 1. The quantitative estimate of drug-likeness (QED) is 0.538. The van der Waals surface area contributed by atoms with Gasteiger partial charge in [-0.15, -0.1) is 0 Å². The van der Waals surface area contributed by atoms with E-state index in [9.17, 15) is 17.6 Å². The van der Waals surface area contributed by atoms with E-state index < -0.39 is 9.84 Å². The second-order valence-electron chi connectivity index (χ2n) is 7.64. The summed E-state index contributed by atoms with van der Waals surface area (Å²) in [4.78, 5) is 21.2. The van der Waals surface area contributed by atoms with Crippen LogP contribution in [0.2, 0.25) is 0 Å². The second-order valence-corrected chi connectivity index (χ2v) is 10.8. The lowest BCUT2D eigenvalue weighted by Crippen LogP contribution is -2.48. The molecule has 10 heteroatoms. The zero-order chi connectivity index (χ0) is 22.6. The number of hydrogen-bond donors (Lipinski definition) is 1. The monoisotopic (exact) mass is 476 g/mol. The predicted octanol–water partition coefficient (Wildman–Crippen LogP) is 2.54. The number of benzene rings is 2. The number of carbonyl (C=O) groups excluding carboxylic acids is 1. The zero-order valence-corrected chi connectivity index (χ0v) is 19.2. The van der Waals surface area contributed by atoms with E-state index in [-0.39, 0.29) is 28.8 Å². The van der Waals surface area contributed by atoms with Crippen LogP contribution >= 0.6 is 11.3 Å². The van der Waals surface area contributed by atoms with Crippen LogP contribution in [0.15, 0.2) is 53.4 Å². The molecule has 0 aliphatic carbocycles. The lowest BCUT2D eigenvalue weighted by Gasteiger charge is -2.34. The van der Waals surface area contributed by atoms with Crippen molar-refractivity contribution in [2.45, 2.75) is 11.3 Å². The van der Waals surface area contributed by atoms with Gasteiger partial charge in [0.15, 0.2) is 15.0 Å². The Hall–Kier alpha value is -2.56. The number of fused-ring (bicyclic) bond motifs is 1. The molecule has 0 saturated carbocycles. The number of nitrogens with one attached hydrogen (secondary N) is 1. The highest BCUT2D eigenvalue weighted by atomic mass is 32.2. The minimum Gasteiger partial charge on any atom is -0.355 e. The Morgan fingerprint density at radius 3 is 2.53 bits per heavy atom. The molecule has 0 unspecified atom stereocenters. The summed E-state index contributed by atoms with van der Waals surface area (Å²) in [5.41, 5.74) is 0.423. The number of anilines is 1. The average molecular weight is 477 g/mol. The number of nitrogens with zero attached hydrogens (tertiary/aromatic N) is 3. The van der Waals surface area contributed by atoms with Crippen molar-refractivity contribution in [2.24, 2.45) is 0 Å². The molecule has 1 amide bonds. The van der Waals surface area contributed by atoms with Gasteiger partial charge in [-0.2, -0.15) is 0 Å². The van der Waals surface area contributed by atoms with Gasteiger partial charge in [-0.05, 0) is 24.3 Å². The molecule has 170 valence electrons. The summed E-state index contributed by atoms with van der Waals surface area (Å²) in [6, 6.07) is 13.2. The highest BCUT2D eigenvalue weighted by Crippen LogP contribution is 2.30. The molecule has 1 aliphatic rings. The summed E-state index contributed by atoms with van der Waals surface area (Å²) >= 11 is 1.50. The van der Waals surface area contributed by atoms with E-state index in [4.69, 9.17) is 0 Å². The van der Waals surface area contributed by atoms with Crippen molar-refractivity contribution in [3.63, 3.8) is 0 Å². The van der Waals surface area contributed by atoms with E-state index in [1.807, 2.05) is 6.07 Å². The zero-order valence-electron chi connectivity index (χ0n) is 17.5. The van der Waals surface area contributed by atoms with Gasteiger partial charge in [0, 0.05) is 45.7 Å². The molecule has 3 aromatic rings. The summed E-state index contributed by atoms with van der Waals surface area (Å²) in [5, 5.41) is 3.64. The molecule has 1 fully saturated rings. The number of para-hydroxylation sites is 1. The van der Waals surface area contributed by atoms with Crippen molar-refractivity contribution in [2.75, 3.05) is 49.9 Å². The first kappa shape index (κ1) is 22.6. The van der Waals surface area contributed by atoms with E-state index in [1.54, 1.807) is 24.3 Å². The number of carbonyl (C=O) groups is 1. The Morgan fingerprint density at radius 1 is 1.06 bits per heavy atom. The maximum atomic E-state index is 13.9. The van der Waals surface area contributed by atoms with Crippen LogP contribution in [0.1, 0.15) is 6.42 Å². The SMILES string of the molecule is O=C(CCS(=O)(=O)c1ccccc1)NCCN1CCN(c2nc3c(F)cccc3s2)CC1. The molecular weight excluding hydrogens is 451 g/mol. The molecule has 0 spiro atoms. The summed E-state index contributed by atoms with van der Waals surface area (Å²) < 4.78 is 39.3. The van der Waals surface area contributed by atoms with E-state index in [2.05, 4.69) is 20.1 Å². The third-order valence-electron chi connectivity index (χ3n) is 5.45. The number of halogens is 1. The normalized spacial score (nSPS) is 15.2. The Labute approximate surface area is 190 Å². The van der Waals surface area contributed by atoms with Gasteiger partial charge in [-0.25, -0.2) is 17.8 Å². The maximum Gasteiger partial charge on any atom is 0.221 e. The van der Waals surface area contributed by atoms with Crippen LogP contribution in [-0.2, 0) is 14.6 Å². The summed E-state index contributed by atoms with van der Waals surface area (Å²) in [6.45, 7) is 4.36. The third kappa shape index (κ3) is 5.43. The summed E-state index contributed by atoms with van der Waals surface area (Å²) in [7, 11) is -3.45. The van der Waals surface area contributed by atoms with Crippen LogP contribution in [0.3, 0.4) is 0 Å². The second kappa shape index (κ2) is 9.93.